The van der Waals surface area contributed by atoms with Gasteiger partial charge in [-0.05, 0) is 59.9 Å². The van der Waals surface area contributed by atoms with Crippen molar-refractivity contribution in [2.75, 3.05) is 27.4 Å². The van der Waals surface area contributed by atoms with Crippen LogP contribution in [-0.2, 0) is 19.4 Å². The molecule has 1 aromatic heterocycles. The van der Waals surface area contributed by atoms with Crippen LogP contribution < -0.4 is 14.2 Å². The molecule has 0 amide bonds. The summed E-state index contributed by atoms with van der Waals surface area (Å²) in [4.78, 5) is 5.90. The summed E-state index contributed by atoms with van der Waals surface area (Å²) in [5.74, 6) is 1.27. The van der Waals surface area contributed by atoms with E-state index in [9.17, 15) is 13.2 Å². The van der Waals surface area contributed by atoms with E-state index in [0.29, 0.717) is 5.75 Å². The first kappa shape index (κ1) is 20.1. The highest BCUT2D eigenvalue weighted by atomic mass is 19.4. The molecule has 0 unspecified atom stereocenters. The monoisotopic (exact) mass is 432 g/mol. The predicted molar refractivity (Wildman–Crippen MR) is 110 cm³/mol. The van der Waals surface area contributed by atoms with E-state index in [0.717, 1.165) is 53.7 Å². The number of alkyl halides is 3. The van der Waals surface area contributed by atoms with E-state index in [2.05, 4.69) is 9.88 Å². The minimum absolute atomic E-state index is 0.0700. The first-order chi connectivity index (χ1) is 14.9. The second-order valence-corrected chi connectivity index (χ2v) is 8.04. The Morgan fingerprint density at radius 1 is 1.10 bits per heavy atom. The van der Waals surface area contributed by atoms with Crippen LogP contribution >= 0.6 is 0 Å². The van der Waals surface area contributed by atoms with Gasteiger partial charge in [0.15, 0.2) is 18.1 Å². The third-order valence-electron chi connectivity index (χ3n) is 6.25. The Morgan fingerprint density at radius 2 is 1.94 bits per heavy atom. The van der Waals surface area contributed by atoms with Gasteiger partial charge in [0, 0.05) is 35.7 Å². The van der Waals surface area contributed by atoms with Gasteiger partial charge in [-0.15, -0.1) is 0 Å². The first-order valence-electron chi connectivity index (χ1n) is 10.2. The SMILES string of the molecule is COc1ccc2[nH]c3c(c2c1)C[C@H]1c2cc(OCC(F)(F)F)c(OC)cc2CCN1C3. The number of nitrogens with zero attached hydrogens (tertiary/aromatic N) is 1. The topological polar surface area (TPSA) is 46.7 Å². The molecule has 2 aliphatic rings. The Labute approximate surface area is 177 Å². The zero-order valence-corrected chi connectivity index (χ0v) is 17.3. The minimum Gasteiger partial charge on any atom is -0.497 e. The Kier molecular flexibility index (Phi) is 4.77. The zero-order chi connectivity index (χ0) is 21.8. The molecular weight excluding hydrogens is 409 g/mol. The Hall–Kier alpha value is -2.87. The van der Waals surface area contributed by atoms with Gasteiger partial charge in [-0.3, -0.25) is 4.90 Å². The number of ether oxygens (including phenoxy) is 3. The van der Waals surface area contributed by atoms with Crippen molar-refractivity contribution in [2.45, 2.75) is 31.6 Å². The number of hydrogen-bond acceptors (Lipinski definition) is 4. The summed E-state index contributed by atoms with van der Waals surface area (Å²) in [5.41, 5.74) is 5.59. The summed E-state index contributed by atoms with van der Waals surface area (Å²) in [6.45, 7) is 0.297. The number of rotatable bonds is 4. The molecule has 1 atom stereocenters. The van der Waals surface area contributed by atoms with Crippen LogP contribution in [0.2, 0.25) is 0 Å². The third-order valence-corrected chi connectivity index (χ3v) is 6.25. The molecule has 0 saturated heterocycles. The molecular formula is C23H23F3N2O3. The Bertz CT molecular complexity index is 1140. The normalized spacial score (nSPS) is 18.3. The zero-order valence-electron chi connectivity index (χ0n) is 17.3. The molecule has 0 radical (unpaired) electrons. The van der Waals surface area contributed by atoms with Crippen molar-refractivity contribution in [1.82, 2.24) is 9.88 Å². The van der Waals surface area contributed by atoms with Crippen LogP contribution in [0.3, 0.4) is 0 Å². The molecule has 1 N–H and O–H groups in total. The molecule has 8 heteroatoms. The van der Waals surface area contributed by atoms with Crippen LogP contribution in [0.25, 0.3) is 10.9 Å². The number of benzene rings is 2. The number of H-pyrrole nitrogens is 1. The standard InChI is InChI=1S/C23H23F3N2O3/c1-29-14-3-4-18-16(8-14)17-9-20-15-10-22(31-12-23(24,25)26)21(30-2)7-13(15)5-6-28(20)11-19(17)27-18/h3-4,7-8,10,20,27H,5-6,9,11-12H2,1-2H3/t20-/m0/s1. The van der Waals surface area contributed by atoms with Crippen LogP contribution in [0, 0.1) is 0 Å². The van der Waals surface area contributed by atoms with E-state index in [1.54, 1.807) is 13.2 Å². The number of methoxy groups -OCH3 is 2. The van der Waals surface area contributed by atoms with Crippen LogP contribution in [0.4, 0.5) is 13.2 Å². The van der Waals surface area contributed by atoms with Gasteiger partial charge in [0.1, 0.15) is 5.75 Å². The van der Waals surface area contributed by atoms with E-state index in [1.807, 2.05) is 24.3 Å². The smallest absolute Gasteiger partial charge is 0.422 e. The number of aromatic amines is 1. The largest absolute Gasteiger partial charge is 0.497 e. The van der Waals surface area contributed by atoms with Crippen LogP contribution in [-0.4, -0.2) is 43.4 Å². The predicted octanol–water partition coefficient (Wildman–Crippen LogP) is 4.78. The molecule has 2 aromatic carbocycles. The van der Waals surface area contributed by atoms with Crippen molar-refractivity contribution in [1.29, 1.82) is 0 Å². The highest BCUT2D eigenvalue weighted by Crippen LogP contribution is 2.44. The van der Waals surface area contributed by atoms with E-state index in [1.165, 1.54) is 18.4 Å². The number of hydrogen-bond donors (Lipinski definition) is 1. The van der Waals surface area contributed by atoms with Crippen LogP contribution in [0.1, 0.15) is 28.4 Å². The molecule has 5 rings (SSSR count). The van der Waals surface area contributed by atoms with Gasteiger partial charge >= 0.3 is 6.18 Å². The van der Waals surface area contributed by atoms with E-state index in [4.69, 9.17) is 14.2 Å². The highest BCUT2D eigenvalue weighted by molar-refractivity contribution is 5.86. The molecule has 0 saturated carbocycles. The number of nitrogens with one attached hydrogen (secondary N) is 1. The molecule has 0 bridgehead atoms. The van der Waals surface area contributed by atoms with Crippen LogP contribution in [0.15, 0.2) is 30.3 Å². The van der Waals surface area contributed by atoms with Gasteiger partial charge in [-0.25, -0.2) is 0 Å². The molecule has 2 aliphatic heterocycles. The summed E-state index contributed by atoms with van der Waals surface area (Å²) in [5, 5.41) is 1.13. The second kappa shape index (κ2) is 7.37. The maximum absolute atomic E-state index is 12.7. The van der Waals surface area contributed by atoms with E-state index >= 15 is 0 Å². The quantitative estimate of drug-likeness (QED) is 0.645. The van der Waals surface area contributed by atoms with Gasteiger partial charge in [-0.2, -0.15) is 13.2 Å². The molecule has 0 spiro atoms. The lowest BCUT2D eigenvalue weighted by molar-refractivity contribution is -0.153. The van der Waals surface area contributed by atoms with Crippen molar-refractivity contribution >= 4 is 10.9 Å². The number of aromatic nitrogens is 1. The number of halogens is 3. The van der Waals surface area contributed by atoms with Crippen molar-refractivity contribution in [2.24, 2.45) is 0 Å². The van der Waals surface area contributed by atoms with E-state index in [-0.39, 0.29) is 11.8 Å². The van der Waals surface area contributed by atoms with Gasteiger partial charge in [0.05, 0.1) is 14.2 Å². The second-order valence-electron chi connectivity index (χ2n) is 8.04. The average molecular weight is 432 g/mol. The highest BCUT2D eigenvalue weighted by Gasteiger charge is 2.35. The molecule has 0 aliphatic carbocycles. The Morgan fingerprint density at radius 3 is 2.68 bits per heavy atom. The third kappa shape index (κ3) is 3.59. The lowest BCUT2D eigenvalue weighted by Gasteiger charge is -2.40. The van der Waals surface area contributed by atoms with Crippen molar-refractivity contribution in [3.8, 4) is 17.2 Å². The van der Waals surface area contributed by atoms with Gasteiger partial charge < -0.3 is 19.2 Å². The molecule has 5 nitrogen and oxygen atoms in total. The fourth-order valence-electron chi connectivity index (χ4n) is 4.80. The average Bonchev–Trinajstić information content (AvgIpc) is 3.11. The maximum atomic E-state index is 12.7. The fraction of sp³-hybridized carbons (Fsp3) is 0.391. The Balaban J connectivity index is 1.54. The van der Waals surface area contributed by atoms with E-state index < -0.39 is 12.8 Å². The lowest BCUT2D eigenvalue weighted by Crippen LogP contribution is -2.39. The lowest BCUT2D eigenvalue weighted by atomic mass is 9.85. The first-order valence-corrected chi connectivity index (χ1v) is 10.2. The van der Waals surface area contributed by atoms with Crippen molar-refractivity contribution < 1.29 is 27.4 Å². The fourth-order valence-corrected chi connectivity index (χ4v) is 4.80. The number of fused-ring (bicyclic) bond motifs is 6. The van der Waals surface area contributed by atoms with Crippen molar-refractivity contribution in [3.05, 3.63) is 52.7 Å². The summed E-state index contributed by atoms with van der Waals surface area (Å²) in [6.07, 6.45) is -2.83. The molecule has 3 heterocycles. The van der Waals surface area contributed by atoms with Gasteiger partial charge in [0.25, 0.3) is 0 Å². The summed E-state index contributed by atoms with van der Waals surface area (Å²) in [7, 11) is 3.10. The van der Waals surface area contributed by atoms with Gasteiger partial charge in [0.2, 0.25) is 0 Å². The molecule has 31 heavy (non-hydrogen) atoms. The summed E-state index contributed by atoms with van der Waals surface area (Å²) < 4.78 is 54.0. The summed E-state index contributed by atoms with van der Waals surface area (Å²) >= 11 is 0. The molecule has 0 fully saturated rings. The molecule has 3 aromatic rings. The van der Waals surface area contributed by atoms with Crippen molar-refractivity contribution in [3.63, 3.8) is 0 Å². The molecule has 164 valence electrons. The maximum Gasteiger partial charge on any atom is 0.422 e. The minimum atomic E-state index is -4.41. The summed E-state index contributed by atoms with van der Waals surface area (Å²) in [6, 6.07) is 9.62. The van der Waals surface area contributed by atoms with Crippen LogP contribution in [0.5, 0.6) is 17.2 Å². The van der Waals surface area contributed by atoms with Gasteiger partial charge in [-0.1, -0.05) is 0 Å².